The van der Waals surface area contributed by atoms with Crippen LogP contribution in [0.15, 0.2) is 0 Å². The number of hydrogen-bond acceptors (Lipinski definition) is 2. The number of carbonyl (C=O) groups excluding carboxylic acids is 1. The van der Waals surface area contributed by atoms with Gasteiger partial charge in [0, 0.05) is 6.61 Å². The summed E-state index contributed by atoms with van der Waals surface area (Å²) in [5.41, 5.74) is 5.14. The molecule has 2 N–H and O–H groups in total. The summed E-state index contributed by atoms with van der Waals surface area (Å²) in [5.74, 6) is -0.291. The smallest absolute Gasteiger partial charge is 0.223 e. The number of amides is 1. The van der Waals surface area contributed by atoms with Crippen LogP contribution in [0.4, 0.5) is 0 Å². The van der Waals surface area contributed by atoms with Crippen molar-refractivity contribution < 1.29 is 9.53 Å². The van der Waals surface area contributed by atoms with Gasteiger partial charge in [0.25, 0.3) is 0 Å². The topological polar surface area (TPSA) is 52.3 Å². The normalized spacial score (nSPS) is 33.7. The molecule has 1 amide bonds. The maximum absolute atomic E-state index is 10.7. The number of ether oxygens (including phenoxy) is 1. The molecule has 3 nitrogen and oxygen atoms in total. The summed E-state index contributed by atoms with van der Waals surface area (Å²) in [7, 11) is 0. The van der Waals surface area contributed by atoms with Gasteiger partial charge in [0.15, 0.2) is 0 Å². The molecule has 0 aliphatic carbocycles. The van der Waals surface area contributed by atoms with Crippen molar-refractivity contribution in [1.82, 2.24) is 0 Å². The van der Waals surface area contributed by atoms with E-state index in [0.29, 0.717) is 0 Å². The molecule has 1 aliphatic heterocycles. The number of primary amides is 1. The van der Waals surface area contributed by atoms with Crippen LogP contribution in [0.25, 0.3) is 0 Å². The molecule has 1 heterocycles. The van der Waals surface area contributed by atoms with E-state index < -0.39 is 0 Å². The third-order valence-corrected chi connectivity index (χ3v) is 1.97. The fourth-order valence-electron chi connectivity index (χ4n) is 1.30. The van der Waals surface area contributed by atoms with E-state index in [4.69, 9.17) is 10.5 Å². The van der Waals surface area contributed by atoms with E-state index in [9.17, 15) is 4.79 Å². The minimum atomic E-state index is -0.229. The first-order chi connectivity index (χ1) is 4.72. The van der Waals surface area contributed by atoms with Crippen molar-refractivity contribution in [2.75, 3.05) is 6.61 Å². The van der Waals surface area contributed by atoms with Crippen molar-refractivity contribution in [1.29, 1.82) is 0 Å². The first kappa shape index (κ1) is 7.54. The number of nitrogens with two attached hydrogens (primary N) is 1. The van der Waals surface area contributed by atoms with Crippen LogP contribution in [0.2, 0.25) is 0 Å². The van der Waals surface area contributed by atoms with Gasteiger partial charge in [-0.25, -0.2) is 0 Å². The Bertz CT molecular complexity index is 136. The largest absolute Gasteiger partial charge is 0.378 e. The van der Waals surface area contributed by atoms with E-state index in [-0.39, 0.29) is 17.9 Å². The summed E-state index contributed by atoms with van der Waals surface area (Å²) in [5, 5.41) is 0. The van der Waals surface area contributed by atoms with Gasteiger partial charge >= 0.3 is 0 Å². The van der Waals surface area contributed by atoms with Crippen LogP contribution >= 0.6 is 0 Å². The molecule has 0 radical (unpaired) electrons. The molecule has 0 aromatic carbocycles. The number of hydrogen-bond donors (Lipinski definition) is 1. The van der Waals surface area contributed by atoms with Crippen molar-refractivity contribution in [3.63, 3.8) is 0 Å². The Morgan fingerprint density at radius 3 is 2.80 bits per heavy atom. The van der Waals surface area contributed by atoms with Crippen molar-refractivity contribution in [2.24, 2.45) is 11.7 Å². The second-order valence-corrected chi connectivity index (χ2v) is 2.73. The van der Waals surface area contributed by atoms with E-state index in [2.05, 4.69) is 0 Å². The zero-order valence-corrected chi connectivity index (χ0v) is 6.17. The molecule has 1 saturated heterocycles. The Kier molecular flexibility index (Phi) is 2.27. The molecular weight excluding hydrogens is 130 g/mol. The van der Waals surface area contributed by atoms with Gasteiger partial charge in [0.2, 0.25) is 5.91 Å². The summed E-state index contributed by atoms with van der Waals surface area (Å²) in [4.78, 5) is 10.7. The molecule has 2 atom stereocenters. The Morgan fingerprint density at radius 1 is 1.70 bits per heavy atom. The highest BCUT2D eigenvalue weighted by Crippen LogP contribution is 2.19. The first-order valence-corrected chi connectivity index (χ1v) is 3.62. The summed E-state index contributed by atoms with van der Waals surface area (Å²) in [6, 6.07) is 0. The van der Waals surface area contributed by atoms with Crippen LogP contribution in [0, 0.1) is 5.92 Å². The van der Waals surface area contributed by atoms with Gasteiger partial charge in [-0.1, -0.05) is 0 Å². The highest BCUT2D eigenvalue weighted by atomic mass is 16.5. The minimum Gasteiger partial charge on any atom is -0.378 e. The van der Waals surface area contributed by atoms with Gasteiger partial charge in [-0.2, -0.15) is 0 Å². The van der Waals surface area contributed by atoms with Gasteiger partial charge in [0.05, 0.1) is 12.0 Å². The molecule has 0 saturated carbocycles. The summed E-state index contributed by atoms with van der Waals surface area (Å²) in [6.07, 6.45) is 1.86. The number of carbonyl (C=O) groups is 1. The number of rotatable bonds is 1. The molecule has 3 heteroatoms. The predicted octanol–water partition coefficient (Wildman–Crippen LogP) is 0.287. The van der Waals surface area contributed by atoms with Gasteiger partial charge < -0.3 is 10.5 Å². The Hall–Kier alpha value is -0.570. The van der Waals surface area contributed by atoms with Gasteiger partial charge in [-0.3, -0.25) is 4.79 Å². The molecule has 0 bridgehead atoms. The van der Waals surface area contributed by atoms with Crippen LogP contribution in [0.5, 0.6) is 0 Å². The lowest BCUT2D eigenvalue weighted by molar-refractivity contribution is -0.129. The maximum Gasteiger partial charge on any atom is 0.223 e. The summed E-state index contributed by atoms with van der Waals surface area (Å²) >= 11 is 0. The second-order valence-electron chi connectivity index (χ2n) is 2.73. The van der Waals surface area contributed by atoms with Crippen LogP contribution < -0.4 is 5.73 Å². The van der Waals surface area contributed by atoms with Crippen molar-refractivity contribution in [2.45, 2.75) is 25.9 Å². The third-order valence-electron chi connectivity index (χ3n) is 1.97. The Labute approximate surface area is 60.5 Å². The van der Waals surface area contributed by atoms with Crippen LogP contribution in [-0.2, 0) is 9.53 Å². The highest BCUT2D eigenvalue weighted by molar-refractivity contribution is 5.77. The van der Waals surface area contributed by atoms with Crippen LogP contribution in [-0.4, -0.2) is 18.6 Å². The lowest BCUT2D eigenvalue weighted by Gasteiger charge is -2.26. The lowest BCUT2D eigenvalue weighted by Crippen LogP contribution is -2.36. The second kappa shape index (κ2) is 3.01. The molecule has 1 aliphatic rings. The molecule has 1 rings (SSSR count). The summed E-state index contributed by atoms with van der Waals surface area (Å²) < 4.78 is 5.25. The average molecular weight is 143 g/mol. The van der Waals surface area contributed by atoms with Gasteiger partial charge in [0.1, 0.15) is 0 Å². The molecule has 0 spiro atoms. The standard InChI is InChI=1S/C7H13NO2/c1-5-6(7(8)9)3-2-4-10-5/h5-6H,2-4H2,1H3,(H2,8,9)/t5-,6-/m1/s1. The van der Waals surface area contributed by atoms with Crippen molar-refractivity contribution in [3.8, 4) is 0 Å². The first-order valence-electron chi connectivity index (χ1n) is 3.62. The molecular formula is C7H13NO2. The average Bonchev–Trinajstić information content (AvgIpc) is 1.88. The van der Waals surface area contributed by atoms with Crippen molar-refractivity contribution in [3.05, 3.63) is 0 Å². The quantitative estimate of drug-likeness (QED) is 0.573. The van der Waals surface area contributed by atoms with Crippen LogP contribution in [0.1, 0.15) is 19.8 Å². The van der Waals surface area contributed by atoms with E-state index in [0.717, 1.165) is 19.4 Å². The highest BCUT2D eigenvalue weighted by Gasteiger charge is 2.26. The van der Waals surface area contributed by atoms with E-state index in [1.54, 1.807) is 0 Å². The minimum absolute atomic E-state index is 0.0197. The molecule has 1 fully saturated rings. The predicted molar refractivity (Wildman–Crippen MR) is 37.3 cm³/mol. The van der Waals surface area contributed by atoms with E-state index in [1.165, 1.54) is 0 Å². The monoisotopic (exact) mass is 143 g/mol. The van der Waals surface area contributed by atoms with Crippen LogP contribution in [0.3, 0.4) is 0 Å². The van der Waals surface area contributed by atoms with E-state index >= 15 is 0 Å². The SMILES string of the molecule is C[C@H]1OCCC[C@H]1C(N)=O. The van der Waals surface area contributed by atoms with Gasteiger partial charge in [-0.15, -0.1) is 0 Å². The zero-order valence-electron chi connectivity index (χ0n) is 6.17. The Balaban J connectivity index is 2.47. The molecule has 0 aromatic heterocycles. The van der Waals surface area contributed by atoms with Gasteiger partial charge in [-0.05, 0) is 19.8 Å². The fourth-order valence-corrected chi connectivity index (χ4v) is 1.30. The molecule has 58 valence electrons. The lowest BCUT2D eigenvalue weighted by atomic mass is 9.95. The van der Waals surface area contributed by atoms with E-state index in [1.807, 2.05) is 6.92 Å². The Morgan fingerprint density at radius 2 is 2.40 bits per heavy atom. The summed E-state index contributed by atoms with van der Waals surface area (Å²) in [6.45, 7) is 2.67. The maximum atomic E-state index is 10.7. The molecule has 0 aromatic rings. The zero-order chi connectivity index (χ0) is 7.56. The molecule has 10 heavy (non-hydrogen) atoms. The third kappa shape index (κ3) is 1.48. The van der Waals surface area contributed by atoms with Crippen molar-refractivity contribution >= 4 is 5.91 Å². The fraction of sp³-hybridized carbons (Fsp3) is 0.857. The molecule has 0 unspecified atom stereocenters.